The molecule has 98 valence electrons. The van der Waals surface area contributed by atoms with Gasteiger partial charge in [-0.15, -0.1) is 0 Å². The lowest BCUT2D eigenvalue weighted by Gasteiger charge is -2.07. The molecule has 0 saturated heterocycles. The molecule has 0 aliphatic rings. The van der Waals surface area contributed by atoms with Crippen molar-refractivity contribution in [1.29, 1.82) is 0 Å². The lowest BCUT2D eigenvalue weighted by atomic mass is 10.1. The van der Waals surface area contributed by atoms with Gasteiger partial charge in [0.15, 0.2) is 0 Å². The van der Waals surface area contributed by atoms with Crippen LogP contribution in [0.5, 0.6) is 0 Å². The van der Waals surface area contributed by atoms with Crippen molar-refractivity contribution >= 4 is 11.8 Å². The van der Waals surface area contributed by atoms with Crippen LogP contribution in [-0.2, 0) is 10.9 Å². The van der Waals surface area contributed by atoms with Crippen molar-refractivity contribution in [2.24, 2.45) is 0 Å². The van der Waals surface area contributed by atoms with Crippen LogP contribution in [0, 0.1) is 0 Å². The molecule has 0 spiro atoms. The molecule has 0 radical (unpaired) electrons. The number of hydrogen-bond donors (Lipinski definition) is 0. The lowest BCUT2D eigenvalue weighted by molar-refractivity contribution is -0.137. The minimum absolute atomic E-state index is 0.500. The molecule has 0 saturated carbocycles. The third-order valence-corrected chi connectivity index (χ3v) is 2.49. The van der Waals surface area contributed by atoms with Crippen LogP contribution < -0.4 is 10.4 Å². The van der Waals surface area contributed by atoms with Crippen LogP contribution in [0.25, 0.3) is 11.8 Å². The highest BCUT2D eigenvalue weighted by Gasteiger charge is 2.30. The van der Waals surface area contributed by atoms with Gasteiger partial charge in [-0.1, -0.05) is 18.2 Å². The topological polar surface area (TPSA) is 9.23 Å². The first-order valence-corrected chi connectivity index (χ1v) is 5.48. The molecule has 0 aliphatic heterocycles. The molecule has 1 nitrogen and oxygen atoms in total. The smallest absolute Gasteiger partial charge is 0.416 e. The van der Waals surface area contributed by atoms with Crippen molar-refractivity contribution in [3.8, 4) is 0 Å². The van der Waals surface area contributed by atoms with Gasteiger partial charge < -0.3 is 4.74 Å². The summed E-state index contributed by atoms with van der Waals surface area (Å²) in [6.07, 6.45) is 0.794. The summed E-state index contributed by atoms with van der Waals surface area (Å²) in [6.45, 7) is 3.51. The van der Waals surface area contributed by atoms with E-state index in [4.69, 9.17) is 4.74 Å². The van der Waals surface area contributed by atoms with Crippen LogP contribution in [0.4, 0.5) is 13.2 Å². The molecular formula is C14H15F3O. The van der Waals surface area contributed by atoms with Crippen LogP contribution in [0.3, 0.4) is 0 Å². The molecule has 0 atom stereocenters. The minimum atomic E-state index is -4.33. The van der Waals surface area contributed by atoms with E-state index in [-0.39, 0.29) is 0 Å². The van der Waals surface area contributed by atoms with Crippen molar-refractivity contribution < 1.29 is 17.9 Å². The van der Waals surface area contributed by atoms with E-state index in [9.17, 15) is 13.2 Å². The molecule has 4 heteroatoms. The average Bonchev–Trinajstić information content (AvgIpc) is 2.34. The van der Waals surface area contributed by atoms with E-state index in [0.29, 0.717) is 16.2 Å². The highest BCUT2D eigenvalue weighted by atomic mass is 19.4. The summed E-state index contributed by atoms with van der Waals surface area (Å²) in [7, 11) is 1.49. The number of alkyl halides is 3. The summed E-state index contributed by atoms with van der Waals surface area (Å²) in [5.41, 5.74) is -0.657. The molecule has 1 rings (SSSR count). The Labute approximate surface area is 104 Å². The first-order valence-electron chi connectivity index (χ1n) is 5.48. The Bertz CT molecular complexity index is 553. The van der Waals surface area contributed by atoms with Crippen LogP contribution in [0.15, 0.2) is 30.4 Å². The Kier molecular flexibility index (Phi) is 4.59. The quantitative estimate of drug-likeness (QED) is 0.790. The molecule has 0 heterocycles. The Hall–Kier alpha value is -1.71. The second kappa shape index (κ2) is 5.76. The molecule has 18 heavy (non-hydrogen) atoms. The fraction of sp³-hybridized carbons (Fsp3) is 0.286. The van der Waals surface area contributed by atoms with E-state index in [1.54, 1.807) is 25.2 Å². The SMILES string of the molecule is CC=c1cc(C(F)(F)F)cc/c1=C(/C=C\C)OC. The third-order valence-electron chi connectivity index (χ3n) is 2.49. The predicted octanol–water partition coefficient (Wildman–Crippen LogP) is 2.84. The standard InChI is InChI=1S/C14H15F3O/c1-4-6-13(18-3)12-8-7-11(14(15,16)17)9-10(12)5-2/h4-9H,1-3H3/b6-4-,10-5?,13-12+. The van der Waals surface area contributed by atoms with Crippen molar-refractivity contribution in [2.45, 2.75) is 20.0 Å². The molecule has 0 fully saturated rings. The van der Waals surface area contributed by atoms with E-state index in [2.05, 4.69) is 0 Å². The van der Waals surface area contributed by atoms with Gasteiger partial charge in [-0.25, -0.2) is 0 Å². The molecule has 0 bridgehead atoms. The van der Waals surface area contributed by atoms with E-state index in [0.717, 1.165) is 12.1 Å². The van der Waals surface area contributed by atoms with Gasteiger partial charge in [0.25, 0.3) is 0 Å². The summed E-state index contributed by atoms with van der Waals surface area (Å²) in [4.78, 5) is 0. The van der Waals surface area contributed by atoms with Crippen LogP contribution in [0.1, 0.15) is 19.4 Å². The predicted molar refractivity (Wildman–Crippen MR) is 66.1 cm³/mol. The summed E-state index contributed by atoms with van der Waals surface area (Å²) in [5, 5.41) is 1.14. The second-order valence-corrected chi connectivity index (χ2v) is 3.66. The molecule has 0 aliphatic carbocycles. The second-order valence-electron chi connectivity index (χ2n) is 3.66. The Morgan fingerprint density at radius 2 is 1.89 bits per heavy atom. The zero-order chi connectivity index (χ0) is 13.8. The van der Waals surface area contributed by atoms with E-state index < -0.39 is 11.7 Å². The molecular weight excluding hydrogens is 241 g/mol. The number of methoxy groups -OCH3 is 1. The number of allylic oxidation sites excluding steroid dienone is 1. The van der Waals surface area contributed by atoms with E-state index >= 15 is 0 Å². The highest BCUT2D eigenvalue weighted by Crippen LogP contribution is 2.27. The van der Waals surface area contributed by atoms with Gasteiger partial charge >= 0.3 is 6.18 Å². The zero-order valence-electron chi connectivity index (χ0n) is 10.5. The maximum absolute atomic E-state index is 12.6. The van der Waals surface area contributed by atoms with Gasteiger partial charge in [-0.2, -0.15) is 13.2 Å². The van der Waals surface area contributed by atoms with Crippen molar-refractivity contribution in [2.75, 3.05) is 7.11 Å². The fourth-order valence-electron chi connectivity index (χ4n) is 1.62. The molecule has 1 aromatic carbocycles. The monoisotopic (exact) mass is 256 g/mol. The summed E-state index contributed by atoms with van der Waals surface area (Å²) in [6, 6.07) is 3.61. The number of ether oxygens (including phenoxy) is 1. The summed E-state index contributed by atoms with van der Waals surface area (Å²) < 4.78 is 43.0. The average molecular weight is 256 g/mol. The number of hydrogen-bond acceptors (Lipinski definition) is 1. The maximum atomic E-state index is 12.6. The van der Waals surface area contributed by atoms with Crippen LogP contribution in [0.2, 0.25) is 0 Å². The van der Waals surface area contributed by atoms with Crippen molar-refractivity contribution in [3.63, 3.8) is 0 Å². The Morgan fingerprint density at radius 1 is 1.22 bits per heavy atom. The molecule has 1 aromatic rings. The van der Waals surface area contributed by atoms with Crippen LogP contribution in [-0.4, -0.2) is 7.11 Å². The van der Waals surface area contributed by atoms with Gasteiger partial charge in [0.2, 0.25) is 0 Å². The van der Waals surface area contributed by atoms with Crippen molar-refractivity contribution in [3.05, 3.63) is 46.4 Å². The minimum Gasteiger partial charge on any atom is -0.496 e. The Morgan fingerprint density at radius 3 is 2.33 bits per heavy atom. The molecule has 0 amide bonds. The van der Waals surface area contributed by atoms with Crippen molar-refractivity contribution in [1.82, 2.24) is 0 Å². The first-order chi connectivity index (χ1) is 8.43. The third kappa shape index (κ3) is 3.15. The van der Waals surface area contributed by atoms with Gasteiger partial charge in [0.05, 0.1) is 12.7 Å². The zero-order valence-corrected chi connectivity index (χ0v) is 10.5. The number of rotatable bonds is 2. The lowest BCUT2D eigenvalue weighted by Crippen LogP contribution is -2.28. The first kappa shape index (κ1) is 14.4. The largest absolute Gasteiger partial charge is 0.496 e. The van der Waals surface area contributed by atoms with E-state index in [1.807, 2.05) is 6.92 Å². The van der Waals surface area contributed by atoms with Gasteiger partial charge in [0.1, 0.15) is 5.76 Å². The number of halogens is 3. The van der Waals surface area contributed by atoms with Gasteiger partial charge in [0, 0.05) is 5.22 Å². The molecule has 0 N–H and O–H groups in total. The van der Waals surface area contributed by atoms with E-state index in [1.165, 1.54) is 13.2 Å². The summed E-state index contributed by atoms with van der Waals surface area (Å²) in [5.74, 6) is 0.541. The van der Waals surface area contributed by atoms with Crippen LogP contribution >= 0.6 is 0 Å². The number of benzene rings is 1. The maximum Gasteiger partial charge on any atom is 0.416 e. The van der Waals surface area contributed by atoms with Gasteiger partial charge in [-0.05, 0) is 37.3 Å². The molecule has 0 unspecified atom stereocenters. The highest BCUT2D eigenvalue weighted by molar-refractivity contribution is 5.50. The van der Waals surface area contributed by atoms with Gasteiger partial charge in [-0.3, -0.25) is 0 Å². The fourth-order valence-corrected chi connectivity index (χ4v) is 1.62. The normalized spacial score (nSPS) is 15.1. The molecule has 0 aromatic heterocycles. The summed E-state index contributed by atoms with van der Waals surface area (Å²) >= 11 is 0. The Balaban J connectivity index is 3.61.